The van der Waals surface area contributed by atoms with Gasteiger partial charge in [0.15, 0.2) is 17.3 Å². The van der Waals surface area contributed by atoms with Crippen molar-refractivity contribution >= 4 is 18.4 Å². The van der Waals surface area contributed by atoms with E-state index < -0.39 is 0 Å². The molecule has 3 rings (SSSR count). The van der Waals surface area contributed by atoms with Gasteiger partial charge in [0.05, 0.1) is 27.5 Å². The summed E-state index contributed by atoms with van der Waals surface area (Å²) < 4.78 is 31.0. The Morgan fingerprint density at radius 1 is 1.11 bits per heavy atom. The molecule has 7 nitrogen and oxygen atoms in total. The molecule has 1 aromatic heterocycles. The van der Waals surface area contributed by atoms with Crippen molar-refractivity contribution in [1.82, 2.24) is 14.9 Å². The van der Waals surface area contributed by atoms with E-state index in [1.54, 1.807) is 51.8 Å². The Bertz CT molecular complexity index is 1020. The molecule has 146 valence electrons. The second-order valence-electron chi connectivity index (χ2n) is 5.76. The number of aromatic amines is 1. The highest BCUT2D eigenvalue weighted by Crippen LogP contribution is 2.37. The second kappa shape index (κ2) is 8.66. The third-order valence-corrected chi connectivity index (χ3v) is 4.27. The number of ether oxygens (including phenoxy) is 3. The summed E-state index contributed by atoms with van der Waals surface area (Å²) in [5.74, 6) is 1.85. The van der Waals surface area contributed by atoms with E-state index in [9.17, 15) is 4.39 Å². The van der Waals surface area contributed by atoms with Gasteiger partial charge in [-0.3, -0.25) is 5.10 Å². The molecule has 0 bridgehead atoms. The summed E-state index contributed by atoms with van der Waals surface area (Å²) in [7, 11) is 4.64. The van der Waals surface area contributed by atoms with Crippen LogP contribution in [0.15, 0.2) is 41.5 Å². The predicted octanol–water partition coefficient (Wildman–Crippen LogP) is 3.58. The van der Waals surface area contributed by atoms with E-state index in [1.165, 1.54) is 16.8 Å². The van der Waals surface area contributed by atoms with Gasteiger partial charge in [-0.15, -0.1) is 0 Å². The molecule has 0 aliphatic heterocycles. The summed E-state index contributed by atoms with van der Waals surface area (Å²) in [5, 5.41) is 11.4. The molecule has 0 aliphatic carbocycles. The van der Waals surface area contributed by atoms with Crippen molar-refractivity contribution in [2.45, 2.75) is 6.42 Å². The number of aromatic nitrogens is 3. The van der Waals surface area contributed by atoms with Crippen molar-refractivity contribution in [3.05, 3.63) is 63.9 Å². The standard InChI is InChI=1S/C19H19FN4O3S/c1-25-15-8-13(9-16(26-2)18(15)27-3)11-21-24-17(22-23-19(24)28)10-12-4-6-14(20)7-5-12/h4-9,11H,10H2,1-3H3,(H,23,28)/b21-11-. The zero-order valence-corrected chi connectivity index (χ0v) is 16.4. The Hall–Kier alpha value is -3.20. The minimum atomic E-state index is -0.289. The lowest BCUT2D eigenvalue weighted by Gasteiger charge is -2.12. The third kappa shape index (κ3) is 4.20. The second-order valence-corrected chi connectivity index (χ2v) is 6.15. The van der Waals surface area contributed by atoms with Gasteiger partial charge in [0, 0.05) is 12.0 Å². The molecule has 9 heteroatoms. The molecule has 0 amide bonds. The number of halogens is 1. The Kier molecular flexibility index (Phi) is 6.05. The Morgan fingerprint density at radius 2 is 1.75 bits per heavy atom. The van der Waals surface area contributed by atoms with Gasteiger partial charge in [-0.25, -0.2) is 4.39 Å². The summed E-state index contributed by atoms with van der Waals surface area (Å²) >= 11 is 5.26. The maximum Gasteiger partial charge on any atom is 0.216 e. The van der Waals surface area contributed by atoms with Crippen LogP contribution in [0.25, 0.3) is 0 Å². The van der Waals surface area contributed by atoms with Crippen LogP contribution in [0.1, 0.15) is 17.0 Å². The fraction of sp³-hybridized carbons (Fsp3) is 0.211. The van der Waals surface area contributed by atoms with Crippen molar-refractivity contribution in [2.75, 3.05) is 21.3 Å². The van der Waals surface area contributed by atoms with Crippen LogP contribution in [0, 0.1) is 10.6 Å². The van der Waals surface area contributed by atoms with Crippen LogP contribution in [0.2, 0.25) is 0 Å². The number of hydrogen-bond donors (Lipinski definition) is 1. The topological polar surface area (TPSA) is 73.7 Å². The minimum Gasteiger partial charge on any atom is -0.493 e. The third-order valence-electron chi connectivity index (χ3n) is 4.00. The van der Waals surface area contributed by atoms with Gasteiger partial charge in [0.2, 0.25) is 10.5 Å². The lowest BCUT2D eigenvalue weighted by Crippen LogP contribution is -2.01. The molecule has 0 unspecified atom stereocenters. The van der Waals surface area contributed by atoms with Gasteiger partial charge >= 0.3 is 0 Å². The molecule has 0 atom stereocenters. The summed E-state index contributed by atoms with van der Waals surface area (Å²) in [6.07, 6.45) is 2.06. The van der Waals surface area contributed by atoms with E-state index in [-0.39, 0.29) is 5.82 Å². The SMILES string of the molecule is COc1cc(/C=N\n2c(Cc3ccc(F)cc3)n[nH]c2=S)cc(OC)c1OC. The molecule has 1 N–H and O–H groups in total. The number of nitrogens with zero attached hydrogens (tertiary/aromatic N) is 3. The van der Waals surface area contributed by atoms with Gasteiger partial charge in [-0.1, -0.05) is 12.1 Å². The molecule has 1 heterocycles. The number of methoxy groups -OCH3 is 3. The molecule has 0 fully saturated rings. The number of benzene rings is 2. The van der Waals surface area contributed by atoms with Crippen LogP contribution in [-0.2, 0) is 6.42 Å². The monoisotopic (exact) mass is 402 g/mol. The van der Waals surface area contributed by atoms with Crippen molar-refractivity contribution in [3.63, 3.8) is 0 Å². The Balaban J connectivity index is 1.92. The quantitative estimate of drug-likeness (QED) is 0.483. The highest BCUT2D eigenvalue weighted by molar-refractivity contribution is 7.71. The Labute approximate surface area is 166 Å². The fourth-order valence-corrected chi connectivity index (χ4v) is 2.84. The van der Waals surface area contributed by atoms with E-state index in [0.717, 1.165) is 11.1 Å². The van der Waals surface area contributed by atoms with Gasteiger partial charge in [-0.2, -0.15) is 14.9 Å². The minimum absolute atomic E-state index is 0.289. The van der Waals surface area contributed by atoms with E-state index >= 15 is 0 Å². The van der Waals surface area contributed by atoms with Crippen molar-refractivity contribution in [2.24, 2.45) is 5.10 Å². The maximum atomic E-state index is 13.1. The maximum absolute atomic E-state index is 13.1. The Morgan fingerprint density at radius 3 is 2.32 bits per heavy atom. The number of rotatable bonds is 7. The molecule has 0 saturated heterocycles. The zero-order chi connectivity index (χ0) is 20.1. The van der Waals surface area contributed by atoms with Gasteiger partial charge in [-0.05, 0) is 42.0 Å². The van der Waals surface area contributed by atoms with Crippen LogP contribution in [0.4, 0.5) is 4.39 Å². The largest absolute Gasteiger partial charge is 0.493 e. The molecule has 2 aromatic carbocycles. The van der Waals surface area contributed by atoms with Crippen LogP contribution in [0.3, 0.4) is 0 Å². The fourth-order valence-electron chi connectivity index (χ4n) is 2.64. The molecular weight excluding hydrogens is 383 g/mol. The molecule has 0 radical (unpaired) electrons. The van der Waals surface area contributed by atoms with E-state index in [2.05, 4.69) is 15.3 Å². The normalized spacial score (nSPS) is 11.0. The first-order chi connectivity index (χ1) is 13.5. The lowest BCUT2D eigenvalue weighted by atomic mass is 10.1. The molecule has 28 heavy (non-hydrogen) atoms. The van der Waals surface area contributed by atoms with Gasteiger partial charge < -0.3 is 14.2 Å². The first-order valence-corrected chi connectivity index (χ1v) is 8.71. The average Bonchev–Trinajstić information content (AvgIpc) is 3.06. The highest BCUT2D eigenvalue weighted by atomic mass is 32.1. The van der Waals surface area contributed by atoms with Crippen LogP contribution >= 0.6 is 12.2 Å². The highest BCUT2D eigenvalue weighted by Gasteiger charge is 2.13. The van der Waals surface area contributed by atoms with Gasteiger partial charge in [0.25, 0.3) is 0 Å². The van der Waals surface area contributed by atoms with Crippen molar-refractivity contribution in [3.8, 4) is 17.2 Å². The van der Waals surface area contributed by atoms with Crippen LogP contribution in [-0.4, -0.2) is 42.4 Å². The van der Waals surface area contributed by atoms with E-state index in [4.69, 9.17) is 26.4 Å². The smallest absolute Gasteiger partial charge is 0.216 e. The lowest BCUT2D eigenvalue weighted by molar-refractivity contribution is 0.324. The summed E-state index contributed by atoms with van der Waals surface area (Å²) in [5.41, 5.74) is 1.62. The molecule has 3 aromatic rings. The summed E-state index contributed by atoms with van der Waals surface area (Å²) in [6.45, 7) is 0. The number of H-pyrrole nitrogens is 1. The molecule has 0 aliphatic rings. The van der Waals surface area contributed by atoms with E-state index in [1.807, 2.05) is 0 Å². The predicted molar refractivity (Wildman–Crippen MR) is 106 cm³/mol. The number of nitrogens with one attached hydrogen (secondary N) is 1. The van der Waals surface area contributed by atoms with Crippen molar-refractivity contribution in [1.29, 1.82) is 0 Å². The van der Waals surface area contributed by atoms with Crippen LogP contribution < -0.4 is 14.2 Å². The number of hydrogen-bond acceptors (Lipinski definition) is 6. The molecule has 0 spiro atoms. The first-order valence-electron chi connectivity index (χ1n) is 8.30. The summed E-state index contributed by atoms with van der Waals surface area (Å²) in [4.78, 5) is 0. The van der Waals surface area contributed by atoms with Crippen molar-refractivity contribution < 1.29 is 18.6 Å². The molecule has 0 saturated carbocycles. The van der Waals surface area contributed by atoms with Crippen LogP contribution in [0.5, 0.6) is 17.2 Å². The first kappa shape index (κ1) is 19.6. The molecular formula is C19H19FN4O3S. The van der Waals surface area contributed by atoms with Gasteiger partial charge in [0.1, 0.15) is 5.82 Å². The summed E-state index contributed by atoms with van der Waals surface area (Å²) in [6, 6.07) is 9.74. The zero-order valence-electron chi connectivity index (χ0n) is 15.6. The average molecular weight is 402 g/mol. The van der Waals surface area contributed by atoms with E-state index in [0.29, 0.717) is 34.3 Å².